The average molecular weight is 237 g/mol. The molecule has 1 fully saturated rings. The van der Waals surface area contributed by atoms with Crippen molar-refractivity contribution >= 4 is 23.1 Å². The van der Waals surface area contributed by atoms with E-state index in [1.54, 1.807) is 0 Å². The van der Waals surface area contributed by atoms with Crippen LogP contribution in [0.1, 0.15) is 13.8 Å². The lowest BCUT2D eigenvalue weighted by atomic mass is 10.2. The molecule has 0 aromatic carbocycles. The summed E-state index contributed by atoms with van der Waals surface area (Å²) in [6.07, 6.45) is 3.85. The predicted octanol–water partition coefficient (Wildman–Crippen LogP) is 2.46. The number of anilines is 2. The summed E-state index contributed by atoms with van der Waals surface area (Å²) < 4.78 is 0. The lowest BCUT2D eigenvalue weighted by Crippen LogP contribution is -2.40. The van der Waals surface area contributed by atoms with Gasteiger partial charge in [0.2, 0.25) is 0 Å². The van der Waals surface area contributed by atoms with Crippen LogP contribution < -0.4 is 10.2 Å². The Labute approximate surface area is 102 Å². The minimum atomic E-state index is 0.609. The molecule has 0 bridgehead atoms. The summed E-state index contributed by atoms with van der Waals surface area (Å²) in [6.45, 7) is 6.46. The number of hydrogen-bond donors (Lipinski definition) is 1. The lowest BCUT2D eigenvalue weighted by Gasteiger charge is -2.34. The molecule has 1 aromatic rings. The molecule has 0 spiro atoms. The molecule has 0 aliphatic carbocycles. The maximum absolute atomic E-state index is 4.30. The van der Waals surface area contributed by atoms with Crippen LogP contribution in [0.5, 0.6) is 0 Å². The number of rotatable bonds is 3. The van der Waals surface area contributed by atoms with E-state index >= 15 is 0 Å². The number of pyridine rings is 1. The van der Waals surface area contributed by atoms with Crippen LogP contribution in [0.2, 0.25) is 0 Å². The van der Waals surface area contributed by atoms with Gasteiger partial charge in [-0.25, -0.2) is 0 Å². The fourth-order valence-electron chi connectivity index (χ4n) is 2.00. The van der Waals surface area contributed by atoms with E-state index in [0.29, 0.717) is 6.04 Å². The second kappa shape index (κ2) is 5.43. The number of aromatic nitrogens is 1. The minimum absolute atomic E-state index is 0.609. The number of thioether (sulfide) groups is 1. The van der Waals surface area contributed by atoms with Gasteiger partial charge in [0.1, 0.15) is 0 Å². The van der Waals surface area contributed by atoms with Crippen molar-refractivity contribution in [2.24, 2.45) is 0 Å². The van der Waals surface area contributed by atoms with Crippen molar-refractivity contribution in [2.45, 2.75) is 19.9 Å². The number of hydrogen-bond acceptors (Lipinski definition) is 4. The molecule has 1 unspecified atom stereocenters. The van der Waals surface area contributed by atoms with Gasteiger partial charge in [0.15, 0.2) is 0 Å². The maximum Gasteiger partial charge on any atom is 0.0576 e. The van der Waals surface area contributed by atoms with Crippen molar-refractivity contribution in [1.82, 2.24) is 4.98 Å². The third-order valence-electron chi connectivity index (χ3n) is 2.80. The van der Waals surface area contributed by atoms with Gasteiger partial charge >= 0.3 is 0 Å². The van der Waals surface area contributed by atoms with Crippen molar-refractivity contribution in [3.8, 4) is 0 Å². The van der Waals surface area contributed by atoms with E-state index in [2.05, 4.69) is 35.1 Å². The van der Waals surface area contributed by atoms with Crippen molar-refractivity contribution in [3.63, 3.8) is 0 Å². The van der Waals surface area contributed by atoms with E-state index in [0.717, 1.165) is 18.8 Å². The van der Waals surface area contributed by atoms with Crippen LogP contribution in [0.25, 0.3) is 0 Å². The molecule has 16 heavy (non-hydrogen) atoms. The third-order valence-corrected chi connectivity index (χ3v) is 3.99. The molecular formula is C12H19N3S. The predicted molar refractivity (Wildman–Crippen MR) is 72.5 cm³/mol. The zero-order valence-electron chi connectivity index (χ0n) is 9.94. The number of nitrogens with zero attached hydrogens (tertiary/aromatic N) is 2. The molecule has 1 aliphatic heterocycles. The average Bonchev–Trinajstić information content (AvgIpc) is 2.30. The second-order valence-electron chi connectivity index (χ2n) is 4.08. The first kappa shape index (κ1) is 11.6. The smallest absolute Gasteiger partial charge is 0.0576 e. The summed E-state index contributed by atoms with van der Waals surface area (Å²) in [5, 5.41) is 3.31. The summed E-state index contributed by atoms with van der Waals surface area (Å²) in [7, 11) is 0. The molecule has 1 N–H and O–H groups in total. The third kappa shape index (κ3) is 2.61. The SMILES string of the molecule is CCNc1cncc(N2CCSCC2C)c1. The van der Waals surface area contributed by atoms with Gasteiger partial charge in [-0.3, -0.25) is 4.98 Å². The first-order valence-corrected chi connectivity index (χ1v) is 7.00. The van der Waals surface area contributed by atoms with Crippen LogP contribution in [-0.2, 0) is 0 Å². The largest absolute Gasteiger partial charge is 0.384 e. The summed E-state index contributed by atoms with van der Waals surface area (Å²) in [5.74, 6) is 2.43. The minimum Gasteiger partial charge on any atom is -0.384 e. The molecule has 88 valence electrons. The van der Waals surface area contributed by atoms with Crippen LogP contribution >= 0.6 is 11.8 Å². The Morgan fingerprint density at radius 3 is 3.19 bits per heavy atom. The molecule has 1 aromatic heterocycles. The Morgan fingerprint density at radius 2 is 2.44 bits per heavy atom. The van der Waals surface area contributed by atoms with Gasteiger partial charge in [-0.15, -0.1) is 0 Å². The van der Waals surface area contributed by atoms with Crippen molar-refractivity contribution in [1.29, 1.82) is 0 Å². The van der Waals surface area contributed by atoms with Crippen LogP contribution in [0.4, 0.5) is 11.4 Å². The van der Waals surface area contributed by atoms with Gasteiger partial charge < -0.3 is 10.2 Å². The van der Waals surface area contributed by atoms with Crippen molar-refractivity contribution in [3.05, 3.63) is 18.5 Å². The van der Waals surface area contributed by atoms with Crippen LogP contribution in [0.3, 0.4) is 0 Å². The Kier molecular flexibility index (Phi) is 3.93. The van der Waals surface area contributed by atoms with Crippen LogP contribution in [0, 0.1) is 0 Å². The quantitative estimate of drug-likeness (QED) is 0.874. The summed E-state index contributed by atoms with van der Waals surface area (Å²) in [5.41, 5.74) is 2.36. The Balaban J connectivity index is 2.15. The summed E-state index contributed by atoms with van der Waals surface area (Å²) >= 11 is 2.04. The molecule has 1 saturated heterocycles. The molecule has 2 rings (SSSR count). The molecule has 0 radical (unpaired) electrons. The lowest BCUT2D eigenvalue weighted by molar-refractivity contribution is 0.698. The van der Waals surface area contributed by atoms with Gasteiger partial charge in [0, 0.05) is 30.6 Å². The Morgan fingerprint density at radius 1 is 1.56 bits per heavy atom. The molecule has 4 heteroatoms. The van der Waals surface area contributed by atoms with Crippen molar-refractivity contribution in [2.75, 3.05) is 34.8 Å². The first-order valence-electron chi connectivity index (χ1n) is 5.84. The van der Waals surface area contributed by atoms with Gasteiger partial charge in [0.25, 0.3) is 0 Å². The molecule has 1 atom stereocenters. The van der Waals surface area contributed by atoms with E-state index in [9.17, 15) is 0 Å². The van der Waals surface area contributed by atoms with E-state index in [1.807, 2.05) is 24.2 Å². The van der Waals surface area contributed by atoms with Gasteiger partial charge in [0.05, 0.1) is 23.8 Å². The van der Waals surface area contributed by atoms with Crippen molar-refractivity contribution < 1.29 is 0 Å². The zero-order chi connectivity index (χ0) is 11.4. The van der Waals surface area contributed by atoms with E-state index < -0.39 is 0 Å². The number of nitrogens with one attached hydrogen (secondary N) is 1. The zero-order valence-corrected chi connectivity index (χ0v) is 10.8. The van der Waals surface area contributed by atoms with Crippen LogP contribution in [-0.4, -0.2) is 35.6 Å². The van der Waals surface area contributed by atoms with Gasteiger partial charge in [-0.1, -0.05) is 0 Å². The van der Waals surface area contributed by atoms with Gasteiger partial charge in [-0.05, 0) is 19.9 Å². The highest BCUT2D eigenvalue weighted by atomic mass is 32.2. The van der Waals surface area contributed by atoms with Gasteiger partial charge in [-0.2, -0.15) is 11.8 Å². The molecule has 1 aliphatic rings. The normalized spacial score (nSPS) is 20.9. The Hall–Kier alpha value is -0.900. The van der Waals surface area contributed by atoms with E-state index in [-0.39, 0.29) is 0 Å². The molecule has 3 nitrogen and oxygen atoms in total. The van der Waals surface area contributed by atoms with E-state index in [4.69, 9.17) is 0 Å². The molecular weight excluding hydrogens is 218 g/mol. The molecule has 0 saturated carbocycles. The monoisotopic (exact) mass is 237 g/mol. The second-order valence-corrected chi connectivity index (χ2v) is 5.23. The standard InChI is InChI=1S/C12H19N3S/c1-3-14-11-6-12(8-13-7-11)15-4-5-16-9-10(15)2/h6-8,10,14H,3-5,9H2,1-2H3. The van der Waals surface area contributed by atoms with Crippen LogP contribution in [0.15, 0.2) is 18.5 Å². The first-order chi connectivity index (χ1) is 7.81. The fraction of sp³-hybridized carbons (Fsp3) is 0.583. The summed E-state index contributed by atoms with van der Waals surface area (Å²) in [6, 6.07) is 2.81. The highest BCUT2D eigenvalue weighted by Crippen LogP contribution is 2.25. The highest BCUT2D eigenvalue weighted by Gasteiger charge is 2.19. The molecule has 2 heterocycles. The fourth-order valence-corrected chi connectivity index (χ4v) is 3.01. The highest BCUT2D eigenvalue weighted by molar-refractivity contribution is 7.99. The topological polar surface area (TPSA) is 28.2 Å². The maximum atomic E-state index is 4.30. The Bertz CT molecular complexity index is 343. The van der Waals surface area contributed by atoms with E-state index in [1.165, 1.54) is 17.2 Å². The summed E-state index contributed by atoms with van der Waals surface area (Å²) in [4.78, 5) is 6.75. The molecule has 0 amide bonds.